The zero-order valence-corrected chi connectivity index (χ0v) is 9.86. The molecule has 0 unspecified atom stereocenters. The molecular formula is C12H15N3O2. The standard InChI is InChI=1S/C12H15N3O2/c1-4-7-14-12(13)15-9-5-6-10(16-2)11(8-9)17-3/h1,5-6,8H,7H2,2-3H3,(H3,13,14,15). The van der Waals surface area contributed by atoms with Crippen molar-refractivity contribution in [1.29, 1.82) is 0 Å². The number of guanidine groups is 1. The van der Waals surface area contributed by atoms with Gasteiger partial charge in [-0.15, -0.1) is 6.42 Å². The minimum atomic E-state index is 0.242. The molecule has 1 rings (SSSR count). The van der Waals surface area contributed by atoms with Gasteiger partial charge < -0.3 is 20.5 Å². The predicted octanol–water partition coefficient (Wildman–Crippen LogP) is 1.06. The Hall–Kier alpha value is -2.35. The molecule has 0 aliphatic carbocycles. The summed E-state index contributed by atoms with van der Waals surface area (Å²) >= 11 is 0. The Morgan fingerprint density at radius 1 is 1.41 bits per heavy atom. The Morgan fingerprint density at radius 2 is 2.12 bits per heavy atom. The highest BCUT2D eigenvalue weighted by atomic mass is 16.5. The number of nitrogens with one attached hydrogen (secondary N) is 1. The molecule has 0 radical (unpaired) electrons. The summed E-state index contributed by atoms with van der Waals surface area (Å²) in [4.78, 5) is 3.91. The van der Waals surface area contributed by atoms with Gasteiger partial charge in [0, 0.05) is 11.8 Å². The Bertz CT molecular complexity index is 450. The molecule has 5 heteroatoms. The fourth-order valence-electron chi connectivity index (χ4n) is 1.23. The fraction of sp³-hybridized carbons (Fsp3) is 0.250. The van der Waals surface area contributed by atoms with Crippen LogP contribution in [0.5, 0.6) is 11.5 Å². The number of ether oxygens (including phenoxy) is 2. The second kappa shape index (κ2) is 6.28. The summed E-state index contributed by atoms with van der Waals surface area (Å²) in [5.41, 5.74) is 6.38. The van der Waals surface area contributed by atoms with E-state index in [0.717, 1.165) is 5.69 Å². The topological polar surface area (TPSA) is 68.9 Å². The van der Waals surface area contributed by atoms with Crippen LogP contribution in [0.2, 0.25) is 0 Å². The molecule has 17 heavy (non-hydrogen) atoms. The van der Waals surface area contributed by atoms with Crippen molar-refractivity contribution in [1.82, 2.24) is 0 Å². The predicted molar refractivity (Wildman–Crippen MR) is 68.5 cm³/mol. The van der Waals surface area contributed by atoms with E-state index in [0.29, 0.717) is 11.5 Å². The van der Waals surface area contributed by atoms with Crippen LogP contribution in [0, 0.1) is 12.3 Å². The van der Waals surface area contributed by atoms with Crippen LogP contribution in [0.25, 0.3) is 0 Å². The molecule has 0 aromatic heterocycles. The number of nitrogens with two attached hydrogens (primary N) is 1. The quantitative estimate of drug-likeness (QED) is 0.463. The SMILES string of the molecule is C#CCN=C(N)Nc1ccc(OC)c(OC)c1. The first-order valence-corrected chi connectivity index (χ1v) is 4.93. The first kappa shape index (κ1) is 12.7. The Morgan fingerprint density at radius 3 is 2.71 bits per heavy atom. The number of hydrogen-bond donors (Lipinski definition) is 2. The van der Waals surface area contributed by atoms with Gasteiger partial charge in [-0.05, 0) is 12.1 Å². The van der Waals surface area contributed by atoms with Crippen molar-refractivity contribution >= 4 is 11.6 Å². The van der Waals surface area contributed by atoms with Gasteiger partial charge in [0.05, 0.1) is 14.2 Å². The minimum absolute atomic E-state index is 0.242. The maximum atomic E-state index is 5.63. The van der Waals surface area contributed by atoms with Gasteiger partial charge in [-0.25, -0.2) is 4.99 Å². The smallest absolute Gasteiger partial charge is 0.194 e. The normalized spacial score (nSPS) is 10.5. The summed E-state index contributed by atoms with van der Waals surface area (Å²) in [5.74, 6) is 3.90. The molecule has 0 aliphatic heterocycles. The van der Waals surface area contributed by atoms with E-state index in [1.165, 1.54) is 0 Å². The molecular weight excluding hydrogens is 218 g/mol. The monoisotopic (exact) mass is 233 g/mol. The molecule has 0 heterocycles. The van der Waals surface area contributed by atoms with Gasteiger partial charge in [0.25, 0.3) is 0 Å². The molecule has 0 amide bonds. The van der Waals surface area contributed by atoms with E-state index in [2.05, 4.69) is 16.2 Å². The molecule has 0 bridgehead atoms. The number of hydrogen-bond acceptors (Lipinski definition) is 3. The molecule has 0 aliphatic rings. The van der Waals surface area contributed by atoms with E-state index in [9.17, 15) is 0 Å². The molecule has 0 saturated carbocycles. The van der Waals surface area contributed by atoms with Crippen LogP contribution in [0.4, 0.5) is 5.69 Å². The maximum Gasteiger partial charge on any atom is 0.194 e. The average molecular weight is 233 g/mol. The highest BCUT2D eigenvalue weighted by molar-refractivity contribution is 5.92. The molecule has 90 valence electrons. The van der Waals surface area contributed by atoms with E-state index in [4.69, 9.17) is 21.6 Å². The van der Waals surface area contributed by atoms with Crippen molar-refractivity contribution in [3.05, 3.63) is 18.2 Å². The largest absolute Gasteiger partial charge is 0.493 e. The van der Waals surface area contributed by atoms with Gasteiger partial charge in [-0.1, -0.05) is 5.92 Å². The number of anilines is 1. The van der Waals surface area contributed by atoms with Crippen LogP contribution >= 0.6 is 0 Å². The third-order valence-corrected chi connectivity index (χ3v) is 2.00. The molecule has 3 N–H and O–H groups in total. The van der Waals surface area contributed by atoms with Crippen LogP contribution in [-0.2, 0) is 0 Å². The van der Waals surface area contributed by atoms with E-state index < -0.39 is 0 Å². The van der Waals surface area contributed by atoms with Crippen molar-refractivity contribution in [2.45, 2.75) is 0 Å². The third-order valence-electron chi connectivity index (χ3n) is 2.00. The molecule has 5 nitrogen and oxygen atoms in total. The van der Waals surface area contributed by atoms with Crippen molar-refractivity contribution < 1.29 is 9.47 Å². The van der Waals surface area contributed by atoms with Crippen molar-refractivity contribution in [3.63, 3.8) is 0 Å². The average Bonchev–Trinajstić information content (AvgIpc) is 2.36. The minimum Gasteiger partial charge on any atom is -0.493 e. The summed E-state index contributed by atoms with van der Waals surface area (Å²) in [7, 11) is 3.14. The summed E-state index contributed by atoms with van der Waals surface area (Å²) in [6.45, 7) is 0.242. The van der Waals surface area contributed by atoms with E-state index in [1.807, 2.05) is 0 Å². The summed E-state index contributed by atoms with van der Waals surface area (Å²) in [6, 6.07) is 5.34. The summed E-state index contributed by atoms with van der Waals surface area (Å²) < 4.78 is 10.3. The second-order valence-corrected chi connectivity index (χ2v) is 3.10. The zero-order valence-electron chi connectivity index (χ0n) is 9.86. The van der Waals surface area contributed by atoms with Crippen molar-refractivity contribution in [2.24, 2.45) is 10.7 Å². The lowest BCUT2D eigenvalue weighted by Crippen LogP contribution is -2.22. The van der Waals surface area contributed by atoms with E-state index in [-0.39, 0.29) is 12.5 Å². The van der Waals surface area contributed by atoms with Crippen LogP contribution in [-0.4, -0.2) is 26.7 Å². The number of nitrogens with zero attached hydrogens (tertiary/aromatic N) is 1. The lowest BCUT2D eigenvalue weighted by molar-refractivity contribution is 0.355. The highest BCUT2D eigenvalue weighted by Crippen LogP contribution is 2.29. The Labute approximate surface area is 101 Å². The van der Waals surface area contributed by atoms with Crippen molar-refractivity contribution in [3.8, 4) is 23.8 Å². The van der Waals surface area contributed by atoms with Gasteiger partial charge in [0.1, 0.15) is 6.54 Å². The van der Waals surface area contributed by atoms with Gasteiger partial charge in [0.2, 0.25) is 0 Å². The van der Waals surface area contributed by atoms with Gasteiger partial charge in [-0.3, -0.25) is 0 Å². The molecule has 0 fully saturated rings. The second-order valence-electron chi connectivity index (χ2n) is 3.10. The summed E-state index contributed by atoms with van der Waals surface area (Å²) in [5, 5.41) is 2.90. The number of rotatable bonds is 4. The van der Waals surface area contributed by atoms with Gasteiger partial charge >= 0.3 is 0 Å². The number of aliphatic imine (C=N–C) groups is 1. The summed E-state index contributed by atoms with van der Waals surface area (Å²) in [6.07, 6.45) is 5.08. The lowest BCUT2D eigenvalue weighted by atomic mass is 10.3. The van der Waals surface area contributed by atoms with E-state index >= 15 is 0 Å². The van der Waals surface area contributed by atoms with Crippen LogP contribution in [0.15, 0.2) is 23.2 Å². The first-order chi connectivity index (χ1) is 8.21. The van der Waals surface area contributed by atoms with Gasteiger partial charge in [0.15, 0.2) is 17.5 Å². The number of benzene rings is 1. The van der Waals surface area contributed by atoms with Crippen LogP contribution in [0.3, 0.4) is 0 Å². The maximum absolute atomic E-state index is 5.63. The molecule has 1 aromatic rings. The lowest BCUT2D eigenvalue weighted by Gasteiger charge is -2.10. The first-order valence-electron chi connectivity index (χ1n) is 4.93. The molecule has 1 aromatic carbocycles. The van der Waals surface area contributed by atoms with Crippen molar-refractivity contribution in [2.75, 3.05) is 26.1 Å². The fourth-order valence-corrected chi connectivity index (χ4v) is 1.23. The Kier molecular flexibility index (Phi) is 4.70. The molecule has 0 spiro atoms. The number of terminal acetylenes is 1. The van der Waals surface area contributed by atoms with E-state index in [1.54, 1.807) is 32.4 Å². The molecule has 0 atom stereocenters. The van der Waals surface area contributed by atoms with Crippen LogP contribution < -0.4 is 20.5 Å². The third kappa shape index (κ3) is 3.61. The highest BCUT2D eigenvalue weighted by Gasteiger charge is 2.04. The zero-order chi connectivity index (χ0) is 12.7. The Balaban J connectivity index is 2.83. The van der Waals surface area contributed by atoms with Crippen LogP contribution in [0.1, 0.15) is 0 Å². The van der Waals surface area contributed by atoms with Gasteiger partial charge in [-0.2, -0.15) is 0 Å². The molecule has 0 saturated heterocycles. The number of methoxy groups -OCH3 is 2.